The van der Waals surface area contributed by atoms with E-state index >= 15 is 0 Å². The van der Waals surface area contributed by atoms with E-state index in [1.165, 1.54) is 24.3 Å². The molecular formula is C19H36F3N5. The molecule has 2 fully saturated rings. The van der Waals surface area contributed by atoms with E-state index in [4.69, 9.17) is 4.99 Å². The van der Waals surface area contributed by atoms with Crippen LogP contribution in [0.5, 0.6) is 0 Å². The zero-order chi connectivity index (χ0) is 19.7. The fraction of sp³-hybridized carbons (Fsp3) is 0.947. The third-order valence-electron chi connectivity index (χ3n) is 5.53. The summed E-state index contributed by atoms with van der Waals surface area (Å²) < 4.78 is 37.4. The van der Waals surface area contributed by atoms with Gasteiger partial charge >= 0.3 is 6.18 Å². The summed E-state index contributed by atoms with van der Waals surface area (Å²) in [5, 5.41) is 6.70. The van der Waals surface area contributed by atoms with Gasteiger partial charge in [-0.15, -0.1) is 0 Å². The minimum Gasteiger partial charge on any atom is -0.357 e. The average Bonchev–Trinajstić information content (AvgIpc) is 2.60. The zero-order valence-corrected chi connectivity index (χ0v) is 16.8. The molecule has 2 heterocycles. The number of halogens is 3. The van der Waals surface area contributed by atoms with Gasteiger partial charge in [-0.1, -0.05) is 0 Å². The summed E-state index contributed by atoms with van der Waals surface area (Å²) in [6.45, 7) is 7.16. The summed E-state index contributed by atoms with van der Waals surface area (Å²) in [5.41, 5.74) is 0. The van der Waals surface area contributed by atoms with Gasteiger partial charge in [0.15, 0.2) is 5.96 Å². The standard InChI is InChI=1S/C19H36F3N5/c1-3-23-18(25-13-17-5-4-10-26(2)14-17)24-9-6-16-7-11-27(12-8-16)15-19(20,21)22/h16-17H,3-15H2,1-2H3,(H2,23,24,25). The SMILES string of the molecule is CCNC(=NCC1CCCN(C)C1)NCCC1CCN(CC(F)(F)F)CC1. The van der Waals surface area contributed by atoms with Crippen LogP contribution in [0.1, 0.15) is 39.0 Å². The normalized spacial score (nSPS) is 24.2. The lowest BCUT2D eigenvalue weighted by atomic mass is 9.93. The van der Waals surface area contributed by atoms with Crippen molar-refractivity contribution in [3.63, 3.8) is 0 Å². The minimum absolute atomic E-state index is 0.497. The van der Waals surface area contributed by atoms with E-state index in [1.54, 1.807) is 0 Å². The Bertz CT molecular complexity index is 447. The second-order valence-corrected chi connectivity index (χ2v) is 8.04. The summed E-state index contributed by atoms with van der Waals surface area (Å²) >= 11 is 0. The molecule has 2 N–H and O–H groups in total. The van der Waals surface area contributed by atoms with Crippen LogP contribution in [0.25, 0.3) is 0 Å². The Balaban J connectivity index is 1.66. The zero-order valence-electron chi connectivity index (χ0n) is 16.8. The molecule has 8 heteroatoms. The number of hydrogen-bond donors (Lipinski definition) is 2. The number of guanidine groups is 1. The molecule has 0 aromatic heterocycles. The van der Waals surface area contributed by atoms with Gasteiger partial charge in [-0.05, 0) is 77.5 Å². The van der Waals surface area contributed by atoms with Crippen molar-refractivity contribution in [2.24, 2.45) is 16.8 Å². The quantitative estimate of drug-likeness (QED) is 0.517. The predicted molar refractivity (Wildman–Crippen MR) is 104 cm³/mol. The first-order valence-electron chi connectivity index (χ1n) is 10.4. The molecule has 0 spiro atoms. The maximum Gasteiger partial charge on any atom is 0.401 e. The van der Waals surface area contributed by atoms with Crippen LogP contribution in [0.2, 0.25) is 0 Å². The molecule has 2 saturated heterocycles. The predicted octanol–water partition coefficient (Wildman–Crippen LogP) is 2.55. The molecule has 2 aliphatic heterocycles. The first-order chi connectivity index (χ1) is 12.9. The van der Waals surface area contributed by atoms with Crippen LogP contribution in [0.3, 0.4) is 0 Å². The molecule has 0 radical (unpaired) electrons. The van der Waals surface area contributed by atoms with E-state index in [0.717, 1.165) is 51.4 Å². The molecular weight excluding hydrogens is 355 g/mol. The molecule has 0 saturated carbocycles. The Hall–Kier alpha value is -1.02. The third-order valence-corrected chi connectivity index (χ3v) is 5.53. The molecule has 1 unspecified atom stereocenters. The van der Waals surface area contributed by atoms with Gasteiger partial charge in [0.25, 0.3) is 0 Å². The first kappa shape index (κ1) is 22.3. The average molecular weight is 392 g/mol. The number of piperidine rings is 2. The molecule has 5 nitrogen and oxygen atoms in total. The largest absolute Gasteiger partial charge is 0.401 e. The highest BCUT2D eigenvalue weighted by Crippen LogP contribution is 2.24. The van der Waals surface area contributed by atoms with E-state index < -0.39 is 12.7 Å². The highest BCUT2D eigenvalue weighted by Gasteiger charge is 2.32. The van der Waals surface area contributed by atoms with E-state index in [0.29, 0.717) is 24.9 Å². The van der Waals surface area contributed by atoms with Gasteiger partial charge in [-0.25, -0.2) is 0 Å². The number of nitrogens with one attached hydrogen (secondary N) is 2. The lowest BCUT2D eigenvalue weighted by Crippen LogP contribution is -2.42. The lowest BCUT2D eigenvalue weighted by molar-refractivity contribution is -0.148. The number of nitrogens with zero attached hydrogens (tertiary/aromatic N) is 3. The van der Waals surface area contributed by atoms with Crippen molar-refractivity contribution >= 4 is 5.96 Å². The number of alkyl halides is 3. The third kappa shape index (κ3) is 9.14. The van der Waals surface area contributed by atoms with Gasteiger partial charge < -0.3 is 15.5 Å². The molecule has 2 rings (SSSR count). The summed E-state index contributed by atoms with van der Waals surface area (Å²) in [6, 6.07) is 0. The van der Waals surface area contributed by atoms with Gasteiger partial charge in [-0.2, -0.15) is 13.2 Å². The Kier molecular flexibility index (Phi) is 9.15. The van der Waals surface area contributed by atoms with Gasteiger partial charge in [0.2, 0.25) is 0 Å². The number of aliphatic imine (C=N–C) groups is 1. The van der Waals surface area contributed by atoms with Gasteiger partial charge in [0, 0.05) is 26.2 Å². The van der Waals surface area contributed by atoms with Crippen LogP contribution in [0.15, 0.2) is 4.99 Å². The second-order valence-electron chi connectivity index (χ2n) is 8.04. The van der Waals surface area contributed by atoms with Crippen molar-refractivity contribution in [2.45, 2.75) is 45.2 Å². The molecule has 0 amide bonds. The number of likely N-dealkylation sites (tertiary alicyclic amines) is 2. The van der Waals surface area contributed by atoms with Crippen LogP contribution >= 0.6 is 0 Å². The molecule has 0 bridgehead atoms. The van der Waals surface area contributed by atoms with E-state index in [9.17, 15) is 13.2 Å². The Morgan fingerprint density at radius 2 is 1.81 bits per heavy atom. The summed E-state index contributed by atoms with van der Waals surface area (Å²) in [4.78, 5) is 8.64. The minimum atomic E-state index is -4.08. The first-order valence-corrected chi connectivity index (χ1v) is 10.4. The van der Waals surface area contributed by atoms with Crippen LogP contribution in [0, 0.1) is 11.8 Å². The fourth-order valence-electron chi connectivity index (χ4n) is 4.07. The van der Waals surface area contributed by atoms with Gasteiger partial charge in [0.05, 0.1) is 6.54 Å². The van der Waals surface area contributed by atoms with E-state index in [1.807, 2.05) is 0 Å². The van der Waals surface area contributed by atoms with Crippen molar-refractivity contribution in [2.75, 3.05) is 59.4 Å². The second kappa shape index (κ2) is 11.1. The maximum atomic E-state index is 12.5. The monoisotopic (exact) mass is 391 g/mol. The summed E-state index contributed by atoms with van der Waals surface area (Å²) in [7, 11) is 2.17. The smallest absolute Gasteiger partial charge is 0.357 e. The molecule has 0 aromatic carbocycles. The van der Waals surface area contributed by atoms with Gasteiger partial charge in [-0.3, -0.25) is 9.89 Å². The molecule has 1 atom stereocenters. The maximum absolute atomic E-state index is 12.5. The Labute approximate surface area is 161 Å². The Morgan fingerprint density at radius 3 is 2.44 bits per heavy atom. The van der Waals surface area contributed by atoms with Crippen LogP contribution in [-0.4, -0.2) is 81.3 Å². The highest BCUT2D eigenvalue weighted by atomic mass is 19.4. The molecule has 27 heavy (non-hydrogen) atoms. The van der Waals surface area contributed by atoms with Gasteiger partial charge in [0.1, 0.15) is 0 Å². The fourth-order valence-corrected chi connectivity index (χ4v) is 4.07. The Morgan fingerprint density at radius 1 is 1.07 bits per heavy atom. The molecule has 2 aliphatic rings. The molecule has 158 valence electrons. The van der Waals surface area contributed by atoms with Crippen molar-refractivity contribution < 1.29 is 13.2 Å². The van der Waals surface area contributed by atoms with Crippen molar-refractivity contribution in [3.8, 4) is 0 Å². The molecule has 0 aliphatic carbocycles. The molecule has 0 aromatic rings. The number of rotatable bonds is 7. The number of hydrogen-bond acceptors (Lipinski definition) is 3. The van der Waals surface area contributed by atoms with E-state index in [-0.39, 0.29) is 0 Å². The lowest BCUT2D eigenvalue weighted by Gasteiger charge is -2.32. The summed E-state index contributed by atoms with van der Waals surface area (Å²) in [5.74, 6) is 1.98. The van der Waals surface area contributed by atoms with Crippen LogP contribution in [-0.2, 0) is 0 Å². The van der Waals surface area contributed by atoms with Crippen molar-refractivity contribution in [1.29, 1.82) is 0 Å². The van der Waals surface area contributed by atoms with E-state index in [2.05, 4.69) is 29.5 Å². The topological polar surface area (TPSA) is 42.9 Å². The van der Waals surface area contributed by atoms with Crippen LogP contribution in [0.4, 0.5) is 13.2 Å². The van der Waals surface area contributed by atoms with Crippen molar-refractivity contribution in [3.05, 3.63) is 0 Å². The summed E-state index contributed by atoms with van der Waals surface area (Å²) in [6.07, 6.45) is 1.08. The van der Waals surface area contributed by atoms with Crippen LogP contribution < -0.4 is 10.6 Å². The highest BCUT2D eigenvalue weighted by molar-refractivity contribution is 5.79. The van der Waals surface area contributed by atoms with Crippen molar-refractivity contribution in [1.82, 2.24) is 20.4 Å².